The van der Waals surface area contributed by atoms with Crippen LogP contribution in [0.4, 0.5) is 17.1 Å². The zero-order valence-electron chi connectivity index (χ0n) is 12.1. The SMILES string of the molecule is Nc1cc2c(cc1N1CCCN(CCO)CC1)NC(=O)C2. The van der Waals surface area contributed by atoms with E-state index in [2.05, 4.69) is 15.1 Å². The molecule has 1 aromatic carbocycles. The van der Waals surface area contributed by atoms with Gasteiger partial charge in [0, 0.05) is 31.9 Å². The number of rotatable bonds is 3. The van der Waals surface area contributed by atoms with E-state index in [1.807, 2.05) is 12.1 Å². The van der Waals surface area contributed by atoms with E-state index in [4.69, 9.17) is 10.8 Å². The molecule has 1 amide bonds. The van der Waals surface area contributed by atoms with Crippen LogP contribution in [0.3, 0.4) is 0 Å². The number of carbonyl (C=O) groups is 1. The largest absolute Gasteiger partial charge is 0.397 e. The maximum atomic E-state index is 11.5. The monoisotopic (exact) mass is 290 g/mol. The summed E-state index contributed by atoms with van der Waals surface area (Å²) >= 11 is 0. The van der Waals surface area contributed by atoms with Crippen LogP contribution >= 0.6 is 0 Å². The second-order valence-electron chi connectivity index (χ2n) is 5.70. The van der Waals surface area contributed by atoms with Crippen molar-refractivity contribution in [3.63, 3.8) is 0 Å². The van der Waals surface area contributed by atoms with Gasteiger partial charge in [-0.3, -0.25) is 9.69 Å². The molecule has 0 radical (unpaired) electrons. The highest BCUT2D eigenvalue weighted by molar-refractivity contribution is 6.00. The average molecular weight is 290 g/mol. The topological polar surface area (TPSA) is 81.8 Å². The molecule has 1 saturated heterocycles. The number of benzene rings is 1. The summed E-state index contributed by atoms with van der Waals surface area (Å²) in [5, 5.41) is 11.9. The minimum atomic E-state index is 0.0338. The summed E-state index contributed by atoms with van der Waals surface area (Å²) in [7, 11) is 0. The molecule has 6 nitrogen and oxygen atoms in total. The van der Waals surface area contributed by atoms with Crippen molar-refractivity contribution in [3.05, 3.63) is 17.7 Å². The van der Waals surface area contributed by atoms with E-state index < -0.39 is 0 Å². The Labute approximate surface area is 124 Å². The van der Waals surface area contributed by atoms with Gasteiger partial charge in [0.1, 0.15) is 0 Å². The number of hydrogen-bond donors (Lipinski definition) is 3. The summed E-state index contributed by atoms with van der Waals surface area (Å²) in [6.07, 6.45) is 1.47. The summed E-state index contributed by atoms with van der Waals surface area (Å²) in [5.74, 6) is 0.0338. The molecule has 0 unspecified atom stereocenters. The van der Waals surface area contributed by atoms with Crippen LogP contribution in [-0.4, -0.2) is 55.2 Å². The molecule has 2 aliphatic heterocycles. The molecule has 0 saturated carbocycles. The fourth-order valence-corrected chi connectivity index (χ4v) is 3.13. The van der Waals surface area contributed by atoms with Gasteiger partial charge in [-0.05, 0) is 30.7 Å². The minimum Gasteiger partial charge on any atom is -0.397 e. The van der Waals surface area contributed by atoms with Crippen molar-refractivity contribution in [2.24, 2.45) is 0 Å². The molecule has 2 heterocycles. The molecular formula is C15H22N4O2. The lowest BCUT2D eigenvalue weighted by atomic mass is 10.1. The number of fused-ring (bicyclic) bond motifs is 1. The standard InChI is InChI=1S/C15H22N4O2/c16-12-8-11-9-15(21)17-13(11)10-14(12)19-3-1-2-18(4-5-19)6-7-20/h8,10,20H,1-7,9,16H2,(H,17,21). The smallest absolute Gasteiger partial charge is 0.228 e. The lowest BCUT2D eigenvalue weighted by Crippen LogP contribution is -2.32. The average Bonchev–Trinajstić information content (AvgIpc) is 2.66. The van der Waals surface area contributed by atoms with Crippen LogP contribution in [0.5, 0.6) is 0 Å². The second kappa shape index (κ2) is 5.91. The molecule has 6 heteroatoms. The Morgan fingerprint density at radius 2 is 2.10 bits per heavy atom. The number of anilines is 3. The summed E-state index contributed by atoms with van der Waals surface area (Å²) in [5.41, 5.74) is 9.79. The Bertz CT molecular complexity index is 547. The Hall–Kier alpha value is -1.79. The van der Waals surface area contributed by atoms with Crippen LogP contribution in [-0.2, 0) is 11.2 Å². The normalized spacial score (nSPS) is 19.3. The van der Waals surface area contributed by atoms with Gasteiger partial charge in [0.25, 0.3) is 0 Å². The number of amides is 1. The van der Waals surface area contributed by atoms with E-state index in [1.54, 1.807) is 0 Å². The van der Waals surface area contributed by atoms with Crippen LogP contribution in [0, 0.1) is 0 Å². The first-order valence-corrected chi connectivity index (χ1v) is 7.48. The van der Waals surface area contributed by atoms with Gasteiger partial charge in [-0.1, -0.05) is 0 Å². The maximum absolute atomic E-state index is 11.5. The second-order valence-corrected chi connectivity index (χ2v) is 5.70. The Morgan fingerprint density at radius 3 is 2.90 bits per heavy atom. The van der Waals surface area contributed by atoms with Crippen LogP contribution in [0.15, 0.2) is 12.1 Å². The van der Waals surface area contributed by atoms with Crippen molar-refractivity contribution in [2.45, 2.75) is 12.8 Å². The van der Waals surface area contributed by atoms with Crippen molar-refractivity contribution in [2.75, 3.05) is 55.3 Å². The predicted octanol–water partition coefficient (Wildman–Crippen LogP) is 0.268. The zero-order valence-corrected chi connectivity index (χ0v) is 12.1. The Kier molecular flexibility index (Phi) is 3.98. The Morgan fingerprint density at radius 1 is 1.24 bits per heavy atom. The lowest BCUT2D eigenvalue weighted by Gasteiger charge is -2.25. The number of nitrogen functional groups attached to an aromatic ring is 1. The Balaban J connectivity index is 1.78. The van der Waals surface area contributed by atoms with E-state index in [-0.39, 0.29) is 12.5 Å². The van der Waals surface area contributed by atoms with Crippen LogP contribution in [0.1, 0.15) is 12.0 Å². The third-order valence-electron chi connectivity index (χ3n) is 4.22. The molecule has 0 aliphatic carbocycles. The van der Waals surface area contributed by atoms with Crippen molar-refractivity contribution >= 4 is 23.0 Å². The maximum Gasteiger partial charge on any atom is 0.228 e. The molecule has 0 bridgehead atoms. The summed E-state index contributed by atoms with van der Waals surface area (Å²) < 4.78 is 0. The van der Waals surface area contributed by atoms with Crippen molar-refractivity contribution in [1.29, 1.82) is 0 Å². The van der Waals surface area contributed by atoms with Crippen molar-refractivity contribution in [1.82, 2.24) is 4.90 Å². The summed E-state index contributed by atoms with van der Waals surface area (Å²) in [6, 6.07) is 3.91. The fraction of sp³-hybridized carbons (Fsp3) is 0.533. The number of hydrogen-bond acceptors (Lipinski definition) is 5. The number of nitrogens with one attached hydrogen (secondary N) is 1. The highest BCUT2D eigenvalue weighted by Gasteiger charge is 2.22. The highest BCUT2D eigenvalue weighted by atomic mass is 16.3. The van der Waals surface area contributed by atoms with Gasteiger partial charge in [-0.25, -0.2) is 0 Å². The fourth-order valence-electron chi connectivity index (χ4n) is 3.13. The quantitative estimate of drug-likeness (QED) is 0.696. The molecular weight excluding hydrogens is 268 g/mol. The minimum absolute atomic E-state index is 0.0338. The van der Waals surface area contributed by atoms with Crippen LogP contribution in [0.2, 0.25) is 0 Å². The number of aliphatic hydroxyl groups is 1. The first-order chi connectivity index (χ1) is 10.2. The summed E-state index contributed by atoms with van der Waals surface area (Å²) in [6.45, 7) is 4.68. The summed E-state index contributed by atoms with van der Waals surface area (Å²) in [4.78, 5) is 16.0. The van der Waals surface area contributed by atoms with Crippen LogP contribution in [0.25, 0.3) is 0 Å². The van der Waals surface area contributed by atoms with E-state index in [1.165, 1.54) is 0 Å². The first kappa shape index (κ1) is 14.2. The number of β-amino-alcohol motifs (C(OH)–C–C–N with tert-alkyl or cyclic N) is 1. The highest BCUT2D eigenvalue weighted by Crippen LogP contribution is 2.34. The van der Waals surface area contributed by atoms with Gasteiger partial charge in [-0.15, -0.1) is 0 Å². The molecule has 21 heavy (non-hydrogen) atoms. The molecule has 4 N–H and O–H groups in total. The van der Waals surface area contributed by atoms with E-state index in [0.717, 1.165) is 61.8 Å². The third kappa shape index (κ3) is 2.96. The molecule has 2 aliphatic rings. The van der Waals surface area contributed by atoms with Gasteiger partial charge in [0.05, 0.1) is 24.4 Å². The molecule has 0 aromatic heterocycles. The van der Waals surface area contributed by atoms with Crippen molar-refractivity contribution < 1.29 is 9.90 Å². The molecule has 3 rings (SSSR count). The van der Waals surface area contributed by atoms with Crippen LogP contribution < -0.4 is 16.0 Å². The van der Waals surface area contributed by atoms with Gasteiger partial charge in [0.15, 0.2) is 0 Å². The van der Waals surface area contributed by atoms with Gasteiger partial charge < -0.3 is 21.1 Å². The molecule has 1 aromatic rings. The lowest BCUT2D eigenvalue weighted by molar-refractivity contribution is -0.115. The van der Waals surface area contributed by atoms with Gasteiger partial charge in [0.2, 0.25) is 5.91 Å². The number of carbonyl (C=O) groups excluding carboxylic acids is 1. The molecule has 0 spiro atoms. The molecule has 1 fully saturated rings. The number of nitrogens with zero attached hydrogens (tertiary/aromatic N) is 2. The predicted molar refractivity (Wildman–Crippen MR) is 83.5 cm³/mol. The first-order valence-electron chi connectivity index (χ1n) is 7.48. The van der Waals surface area contributed by atoms with Crippen molar-refractivity contribution in [3.8, 4) is 0 Å². The zero-order chi connectivity index (χ0) is 14.8. The molecule has 114 valence electrons. The third-order valence-corrected chi connectivity index (χ3v) is 4.22. The molecule has 0 atom stereocenters. The van der Waals surface area contributed by atoms with E-state index >= 15 is 0 Å². The number of nitrogens with two attached hydrogens (primary N) is 1. The van der Waals surface area contributed by atoms with E-state index in [9.17, 15) is 4.79 Å². The van der Waals surface area contributed by atoms with E-state index in [0.29, 0.717) is 6.42 Å². The number of aliphatic hydroxyl groups excluding tert-OH is 1. The van der Waals surface area contributed by atoms with Gasteiger partial charge >= 0.3 is 0 Å². The van der Waals surface area contributed by atoms with Gasteiger partial charge in [-0.2, -0.15) is 0 Å².